The highest BCUT2D eigenvalue weighted by Gasteiger charge is 2.19. The van der Waals surface area contributed by atoms with Crippen molar-refractivity contribution < 1.29 is 17.9 Å². The maximum atomic E-state index is 13.1. The molecule has 2 aromatic rings. The summed E-state index contributed by atoms with van der Waals surface area (Å²) < 4.78 is 39.6. The zero-order chi connectivity index (χ0) is 14.9. The van der Waals surface area contributed by atoms with Gasteiger partial charge in [-0.25, -0.2) is 12.8 Å². The van der Waals surface area contributed by atoms with Crippen LogP contribution in [0, 0.1) is 12.7 Å². The van der Waals surface area contributed by atoms with Crippen LogP contribution in [0.4, 0.5) is 10.1 Å². The first kappa shape index (κ1) is 14.6. The van der Waals surface area contributed by atoms with E-state index in [9.17, 15) is 17.9 Å². The lowest BCUT2D eigenvalue weighted by Gasteiger charge is -2.10. The molecule has 0 aromatic heterocycles. The highest BCUT2D eigenvalue weighted by molar-refractivity contribution is 7.92. The van der Waals surface area contributed by atoms with E-state index >= 15 is 0 Å². The van der Waals surface area contributed by atoms with Crippen molar-refractivity contribution in [3.8, 4) is 5.75 Å². The molecule has 0 aliphatic carbocycles. The summed E-state index contributed by atoms with van der Waals surface area (Å²) in [7, 11) is -4.03. The molecule has 0 bridgehead atoms. The van der Waals surface area contributed by atoms with Gasteiger partial charge in [-0.2, -0.15) is 0 Å². The first-order chi connectivity index (χ1) is 9.29. The van der Waals surface area contributed by atoms with Crippen LogP contribution >= 0.6 is 11.6 Å². The average molecular weight is 316 g/mol. The van der Waals surface area contributed by atoms with E-state index in [-0.39, 0.29) is 21.4 Å². The molecule has 0 spiro atoms. The molecule has 2 N–H and O–H groups in total. The second-order valence-electron chi connectivity index (χ2n) is 4.18. The number of benzene rings is 2. The minimum atomic E-state index is -4.03. The fourth-order valence-electron chi connectivity index (χ4n) is 1.57. The molecule has 106 valence electrons. The third-order valence-corrected chi connectivity index (χ3v) is 4.51. The van der Waals surface area contributed by atoms with Gasteiger partial charge in [-0.3, -0.25) is 4.72 Å². The van der Waals surface area contributed by atoms with E-state index in [0.29, 0.717) is 5.56 Å². The number of hydrogen-bond acceptors (Lipinski definition) is 3. The molecule has 0 saturated heterocycles. The van der Waals surface area contributed by atoms with Gasteiger partial charge in [-0.15, -0.1) is 0 Å². The lowest BCUT2D eigenvalue weighted by atomic mass is 10.2. The van der Waals surface area contributed by atoms with Crippen LogP contribution in [-0.4, -0.2) is 13.5 Å². The lowest BCUT2D eigenvalue weighted by molar-refractivity contribution is 0.471. The lowest BCUT2D eigenvalue weighted by Crippen LogP contribution is -2.13. The van der Waals surface area contributed by atoms with Gasteiger partial charge < -0.3 is 5.11 Å². The van der Waals surface area contributed by atoms with Crippen molar-refractivity contribution in [1.29, 1.82) is 0 Å². The minimum absolute atomic E-state index is 0.0458. The standard InChI is InChI=1S/C13H11ClFNO3S/c1-8-2-4-10(7-12(8)17)16-20(18,19)13-6-9(15)3-5-11(13)14/h2-7,16-17H,1H3. The zero-order valence-corrected chi connectivity index (χ0v) is 12.0. The SMILES string of the molecule is Cc1ccc(NS(=O)(=O)c2cc(F)ccc2Cl)cc1O. The molecule has 7 heteroatoms. The molecular weight excluding hydrogens is 305 g/mol. The first-order valence-electron chi connectivity index (χ1n) is 5.57. The van der Waals surface area contributed by atoms with E-state index in [1.54, 1.807) is 13.0 Å². The van der Waals surface area contributed by atoms with Crippen molar-refractivity contribution >= 4 is 27.3 Å². The van der Waals surface area contributed by atoms with Crippen molar-refractivity contribution in [2.24, 2.45) is 0 Å². The summed E-state index contributed by atoms with van der Waals surface area (Å²) in [6.07, 6.45) is 0. The number of aromatic hydroxyl groups is 1. The van der Waals surface area contributed by atoms with Crippen LogP contribution in [0.5, 0.6) is 5.75 Å². The monoisotopic (exact) mass is 315 g/mol. The third-order valence-electron chi connectivity index (χ3n) is 2.64. The highest BCUT2D eigenvalue weighted by atomic mass is 35.5. The van der Waals surface area contributed by atoms with Crippen LogP contribution in [-0.2, 0) is 10.0 Å². The topological polar surface area (TPSA) is 66.4 Å². The number of phenols is 1. The summed E-state index contributed by atoms with van der Waals surface area (Å²) in [5, 5.41) is 9.46. The van der Waals surface area contributed by atoms with Crippen molar-refractivity contribution in [3.05, 3.63) is 52.8 Å². The number of halogens is 2. The Hall–Kier alpha value is -1.79. The minimum Gasteiger partial charge on any atom is -0.508 e. The fraction of sp³-hybridized carbons (Fsp3) is 0.0769. The Kier molecular flexibility index (Phi) is 3.87. The van der Waals surface area contributed by atoms with Gasteiger partial charge in [0, 0.05) is 6.07 Å². The first-order valence-corrected chi connectivity index (χ1v) is 7.43. The molecule has 0 fully saturated rings. The van der Waals surface area contributed by atoms with Crippen LogP contribution < -0.4 is 4.72 Å². The van der Waals surface area contributed by atoms with Crippen molar-refractivity contribution in [2.75, 3.05) is 4.72 Å². The number of nitrogens with one attached hydrogen (secondary N) is 1. The number of sulfonamides is 1. The maximum Gasteiger partial charge on any atom is 0.263 e. The van der Waals surface area contributed by atoms with E-state index in [1.165, 1.54) is 12.1 Å². The third kappa shape index (κ3) is 3.02. The molecule has 2 aromatic carbocycles. The zero-order valence-electron chi connectivity index (χ0n) is 10.4. The van der Waals surface area contributed by atoms with Crippen LogP contribution in [0.3, 0.4) is 0 Å². The molecule has 20 heavy (non-hydrogen) atoms. The summed E-state index contributed by atoms with van der Waals surface area (Å²) in [5.74, 6) is -0.753. The van der Waals surface area contributed by atoms with E-state index < -0.39 is 15.8 Å². The Morgan fingerprint density at radius 3 is 2.55 bits per heavy atom. The van der Waals surface area contributed by atoms with Gasteiger partial charge in [0.05, 0.1) is 10.7 Å². The predicted octanol–water partition coefficient (Wildman–Crippen LogP) is 3.29. The number of hydrogen-bond donors (Lipinski definition) is 2. The molecule has 0 radical (unpaired) electrons. The quantitative estimate of drug-likeness (QED) is 0.913. The van der Waals surface area contributed by atoms with E-state index in [0.717, 1.165) is 18.2 Å². The Labute approximate surface area is 120 Å². The maximum absolute atomic E-state index is 13.1. The molecule has 0 aliphatic rings. The van der Waals surface area contributed by atoms with Gasteiger partial charge in [-0.1, -0.05) is 17.7 Å². The van der Waals surface area contributed by atoms with Gasteiger partial charge in [-0.05, 0) is 36.8 Å². The van der Waals surface area contributed by atoms with E-state index in [1.807, 2.05) is 0 Å². The van der Waals surface area contributed by atoms with Gasteiger partial charge in [0.15, 0.2) is 0 Å². The van der Waals surface area contributed by atoms with E-state index in [2.05, 4.69) is 4.72 Å². The van der Waals surface area contributed by atoms with Crippen LogP contribution in [0.15, 0.2) is 41.3 Å². The molecule has 0 aliphatic heterocycles. The summed E-state index contributed by atoms with van der Waals surface area (Å²) >= 11 is 5.77. The van der Waals surface area contributed by atoms with Crippen LogP contribution in [0.1, 0.15) is 5.56 Å². The van der Waals surface area contributed by atoms with E-state index in [4.69, 9.17) is 11.6 Å². The van der Waals surface area contributed by atoms with Gasteiger partial charge >= 0.3 is 0 Å². The molecule has 4 nitrogen and oxygen atoms in total. The molecule has 0 heterocycles. The Bertz CT molecular complexity index is 762. The summed E-state index contributed by atoms with van der Waals surface area (Å²) in [6.45, 7) is 1.68. The average Bonchev–Trinajstić information content (AvgIpc) is 2.36. The molecular formula is C13H11ClFNO3S. The van der Waals surface area contributed by atoms with Gasteiger partial charge in [0.25, 0.3) is 10.0 Å². The summed E-state index contributed by atoms with van der Waals surface area (Å²) in [6, 6.07) is 7.37. The summed E-state index contributed by atoms with van der Waals surface area (Å²) in [4.78, 5) is -0.362. The molecule has 2 rings (SSSR count). The smallest absolute Gasteiger partial charge is 0.263 e. The highest BCUT2D eigenvalue weighted by Crippen LogP contribution is 2.26. The predicted molar refractivity (Wildman–Crippen MR) is 75.1 cm³/mol. The van der Waals surface area contributed by atoms with Crippen molar-refractivity contribution in [1.82, 2.24) is 0 Å². The van der Waals surface area contributed by atoms with Crippen LogP contribution in [0.25, 0.3) is 0 Å². The Morgan fingerprint density at radius 1 is 1.20 bits per heavy atom. The second kappa shape index (κ2) is 5.30. The second-order valence-corrected chi connectivity index (χ2v) is 6.24. The summed E-state index contributed by atoms with van der Waals surface area (Å²) in [5.41, 5.74) is 0.769. The largest absolute Gasteiger partial charge is 0.508 e. The van der Waals surface area contributed by atoms with Crippen molar-refractivity contribution in [2.45, 2.75) is 11.8 Å². The Morgan fingerprint density at radius 2 is 1.90 bits per heavy atom. The van der Waals surface area contributed by atoms with Crippen LogP contribution in [0.2, 0.25) is 5.02 Å². The Balaban J connectivity index is 2.40. The molecule has 0 amide bonds. The molecule has 0 unspecified atom stereocenters. The number of rotatable bonds is 3. The van der Waals surface area contributed by atoms with Gasteiger partial charge in [0.2, 0.25) is 0 Å². The normalized spacial score (nSPS) is 11.3. The number of anilines is 1. The van der Waals surface area contributed by atoms with Gasteiger partial charge in [0.1, 0.15) is 16.5 Å². The number of aryl methyl sites for hydroxylation is 1. The van der Waals surface area contributed by atoms with Crippen molar-refractivity contribution in [3.63, 3.8) is 0 Å². The molecule has 0 saturated carbocycles. The fourth-order valence-corrected chi connectivity index (χ4v) is 3.13. The molecule has 0 atom stereocenters. The number of phenolic OH excluding ortho intramolecular Hbond substituents is 1.